The molecule has 0 atom stereocenters. The Morgan fingerprint density at radius 1 is 1.30 bits per heavy atom. The molecule has 2 aromatic rings. The fraction of sp³-hybridized carbons (Fsp3) is 0.467. The Morgan fingerprint density at radius 2 is 2.15 bits per heavy atom. The van der Waals surface area contributed by atoms with Crippen LogP contribution in [0, 0.1) is 0 Å². The molecule has 5 heteroatoms. The van der Waals surface area contributed by atoms with Gasteiger partial charge in [0.2, 0.25) is 5.91 Å². The van der Waals surface area contributed by atoms with Crippen LogP contribution < -0.4 is 10.6 Å². The number of fused-ring (bicyclic) bond motifs is 1. The third-order valence-corrected chi connectivity index (χ3v) is 3.20. The number of imidazole rings is 1. The molecule has 0 aliphatic carbocycles. The van der Waals surface area contributed by atoms with E-state index in [0.717, 1.165) is 37.1 Å². The van der Waals surface area contributed by atoms with E-state index in [4.69, 9.17) is 0 Å². The number of nitrogens with one attached hydrogen (secondary N) is 2. The zero-order chi connectivity index (χ0) is 14.2. The molecule has 0 bridgehead atoms. The van der Waals surface area contributed by atoms with E-state index >= 15 is 0 Å². The van der Waals surface area contributed by atoms with Gasteiger partial charge in [-0.3, -0.25) is 4.79 Å². The molecule has 1 aromatic carbocycles. The Bertz CT molecular complexity index is 550. The lowest BCUT2D eigenvalue weighted by Crippen LogP contribution is -2.28. The summed E-state index contributed by atoms with van der Waals surface area (Å²) in [7, 11) is 0. The van der Waals surface area contributed by atoms with Gasteiger partial charge in [-0.05, 0) is 25.1 Å². The first-order valence-electron chi connectivity index (χ1n) is 7.18. The Kier molecular flexibility index (Phi) is 5.55. The van der Waals surface area contributed by atoms with Crippen molar-refractivity contribution in [3.05, 3.63) is 30.6 Å². The second kappa shape index (κ2) is 7.65. The summed E-state index contributed by atoms with van der Waals surface area (Å²) in [6.07, 6.45) is 3.31. The summed E-state index contributed by atoms with van der Waals surface area (Å²) in [5, 5.41) is 6.08. The van der Waals surface area contributed by atoms with E-state index < -0.39 is 0 Å². The van der Waals surface area contributed by atoms with Crippen molar-refractivity contribution in [2.75, 3.05) is 19.6 Å². The lowest BCUT2D eigenvalue weighted by molar-refractivity contribution is -0.121. The quantitative estimate of drug-likeness (QED) is 0.718. The van der Waals surface area contributed by atoms with Gasteiger partial charge in [0.15, 0.2) is 0 Å². The molecule has 2 rings (SSSR count). The second-order valence-electron chi connectivity index (χ2n) is 4.73. The first-order valence-corrected chi connectivity index (χ1v) is 7.18. The highest BCUT2D eigenvalue weighted by molar-refractivity contribution is 5.76. The number of benzene rings is 1. The maximum absolute atomic E-state index is 11.5. The molecule has 5 nitrogen and oxygen atoms in total. The van der Waals surface area contributed by atoms with Crippen molar-refractivity contribution in [1.29, 1.82) is 0 Å². The van der Waals surface area contributed by atoms with Crippen molar-refractivity contribution < 1.29 is 4.79 Å². The molecule has 0 saturated carbocycles. The standard InChI is InChI=1S/C15H22N4O/c1-2-16-10-8-15(20)17-9-5-11-19-12-18-13-6-3-4-7-14(13)19/h3-4,6-7,12,16H,2,5,8-11H2,1H3,(H,17,20). The van der Waals surface area contributed by atoms with Gasteiger partial charge in [0.05, 0.1) is 17.4 Å². The molecule has 0 saturated heterocycles. The van der Waals surface area contributed by atoms with Gasteiger partial charge in [0.25, 0.3) is 0 Å². The average Bonchev–Trinajstić information content (AvgIpc) is 2.87. The van der Waals surface area contributed by atoms with E-state index in [1.807, 2.05) is 31.5 Å². The van der Waals surface area contributed by atoms with Crippen molar-refractivity contribution in [2.24, 2.45) is 0 Å². The van der Waals surface area contributed by atoms with Crippen LogP contribution in [-0.4, -0.2) is 35.1 Å². The SMILES string of the molecule is CCNCCC(=O)NCCCn1cnc2ccccc21. The van der Waals surface area contributed by atoms with Crippen LogP contribution in [0.1, 0.15) is 19.8 Å². The molecule has 0 aliphatic rings. The summed E-state index contributed by atoms with van der Waals surface area (Å²) in [4.78, 5) is 15.9. The number of nitrogens with zero attached hydrogens (tertiary/aromatic N) is 2. The minimum Gasteiger partial charge on any atom is -0.356 e. The molecule has 1 heterocycles. The maximum Gasteiger partial charge on any atom is 0.221 e. The van der Waals surface area contributed by atoms with E-state index in [1.54, 1.807) is 0 Å². The van der Waals surface area contributed by atoms with Crippen LogP contribution in [0.4, 0.5) is 0 Å². The molecule has 1 aromatic heterocycles. The molecule has 0 aliphatic heterocycles. The highest BCUT2D eigenvalue weighted by Gasteiger charge is 2.02. The number of rotatable bonds is 8. The van der Waals surface area contributed by atoms with E-state index in [1.165, 1.54) is 0 Å². The van der Waals surface area contributed by atoms with Gasteiger partial charge >= 0.3 is 0 Å². The molecule has 0 spiro atoms. The molecule has 20 heavy (non-hydrogen) atoms. The minimum absolute atomic E-state index is 0.112. The van der Waals surface area contributed by atoms with Gasteiger partial charge in [-0.1, -0.05) is 19.1 Å². The molecule has 0 unspecified atom stereocenters. The van der Waals surface area contributed by atoms with Crippen molar-refractivity contribution in [3.63, 3.8) is 0 Å². The molecular formula is C15H22N4O. The van der Waals surface area contributed by atoms with E-state index in [-0.39, 0.29) is 5.91 Å². The Hall–Kier alpha value is -1.88. The predicted octanol–water partition coefficient (Wildman–Crippen LogP) is 1.54. The Balaban J connectivity index is 1.70. The summed E-state index contributed by atoms with van der Waals surface area (Å²) in [6, 6.07) is 8.08. The van der Waals surface area contributed by atoms with Crippen molar-refractivity contribution >= 4 is 16.9 Å². The normalized spacial score (nSPS) is 10.8. The van der Waals surface area contributed by atoms with Crippen LogP contribution >= 0.6 is 0 Å². The van der Waals surface area contributed by atoms with Crippen molar-refractivity contribution in [1.82, 2.24) is 20.2 Å². The smallest absolute Gasteiger partial charge is 0.221 e. The largest absolute Gasteiger partial charge is 0.356 e. The topological polar surface area (TPSA) is 59.0 Å². The van der Waals surface area contributed by atoms with Crippen LogP contribution in [0.5, 0.6) is 0 Å². The predicted molar refractivity (Wildman–Crippen MR) is 80.5 cm³/mol. The molecule has 0 fully saturated rings. The second-order valence-corrected chi connectivity index (χ2v) is 4.73. The average molecular weight is 274 g/mol. The number of hydrogen-bond acceptors (Lipinski definition) is 3. The first kappa shape index (κ1) is 14.5. The number of hydrogen-bond donors (Lipinski definition) is 2. The highest BCUT2D eigenvalue weighted by atomic mass is 16.1. The van der Waals surface area contributed by atoms with Crippen LogP contribution in [0.2, 0.25) is 0 Å². The summed E-state index contributed by atoms with van der Waals surface area (Å²) in [5.74, 6) is 0.112. The summed E-state index contributed by atoms with van der Waals surface area (Å²) in [6.45, 7) is 5.26. The van der Waals surface area contributed by atoms with Gasteiger partial charge in [-0.25, -0.2) is 4.98 Å². The van der Waals surface area contributed by atoms with Gasteiger partial charge < -0.3 is 15.2 Å². The lowest BCUT2D eigenvalue weighted by atomic mass is 10.3. The monoisotopic (exact) mass is 274 g/mol. The molecule has 1 amide bonds. The van der Waals surface area contributed by atoms with Gasteiger partial charge in [0, 0.05) is 26.1 Å². The number of carbonyl (C=O) groups is 1. The number of para-hydroxylation sites is 2. The Labute approximate surface area is 119 Å². The van der Waals surface area contributed by atoms with Gasteiger partial charge in [-0.2, -0.15) is 0 Å². The zero-order valence-electron chi connectivity index (χ0n) is 11.9. The van der Waals surface area contributed by atoms with Crippen LogP contribution in [0.3, 0.4) is 0 Å². The van der Waals surface area contributed by atoms with E-state index in [9.17, 15) is 4.79 Å². The molecular weight excluding hydrogens is 252 g/mol. The third-order valence-electron chi connectivity index (χ3n) is 3.20. The summed E-state index contributed by atoms with van der Waals surface area (Å²) in [5.41, 5.74) is 2.16. The van der Waals surface area contributed by atoms with Crippen LogP contribution in [0.25, 0.3) is 11.0 Å². The fourth-order valence-corrected chi connectivity index (χ4v) is 2.13. The maximum atomic E-state index is 11.5. The van der Waals surface area contributed by atoms with Crippen molar-refractivity contribution in [2.45, 2.75) is 26.3 Å². The van der Waals surface area contributed by atoms with Crippen molar-refractivity contribution in [3.8, 4) is 0 Å². The number of aromatic nitrogens is 2. The number of aryl methyl sites for hydroxylation is 1. The lowest BCUT2D eigenvalue weighted by Gasteiger charge is -2.07. The molecule has 108 valence electrons. The van der Waals surface area contributed by atoms with Gasteiger partial charge in [0.1, 0.15) is 0 Å². The highest BCUT2D eigenvalue weighted by Crippen LogP contribution is 2.11. The summed E-state index contributed by atoms with van der Waals surface area (Å²) < 4.78 is 2.13. The van der Waals surface area contributed by atoms with E-state index in [2.05, 4.69) is 26.3 Å². The third kappa shape index (κ3) is 4.06. The molecule has 2 N–H and O–H groups in total. The van der Waals surface area contributed by atoms with Gasteiger partial charge in [-0.15, -0.1) is 0 Å². The van der Waals surface area contributed by atoms with Crippen LogP contribution in [-0.2, 0) is 11.3 Å². The zero-order valence-corrected chi connectivity index (χ0v) is 11.9. The Morgan fingerprint density at radius 3 is 3.00 bits per heavy atom. The number of carbonyl (C=O) groups excluding carboxylic acids is 1. The fourth-order valence-electron chi connectivity index (χ4n) is 2.13. The number of amides is 1. The summed E-state index contributed by atoms with van der Waals surface area (Å²) >= 11 is 0. The minimum atomic E-state index is 0.112. The first-order chi connectivity index (χ1) is 9.81. The van der Waals surface area contributed by atoms with Crippen LogP contribution in [0.15, 0.2) is 30.6 Å². The van der Waals surface area contributed by atoms with E-state index in [0.29, 0.717) is 13.0 Å². The molecule has 0 radical (unpaired) electrons.